The molecule has 3 aliphatic rings. The third kappa shape index (κ3) is 4.06. The number of ketones is 1. The van der Waals surface area contributed by atoms with E-state index < -0.39 is 5.82 Å². The number of amides is 1. The number of rotatable bonds is 7. The third-order valence-electron chi connectivity index (χ3n) is 6.74. The minimum Gasteiger partial charge on any atom is -0.484 e. The molecule has 3 saturated carbocycles. The van der Waals surface area contributed by atoms with Gasteiger partial charge in [0.1, 0.15) is 11.6 Å². The van der Waals surface area contributed by atoms with E-state index in [9.17, 15) is 14.0 Å². The number of ether oxygens (including phenoxy) is 1. The van der Waals surface area contributed by atoms with Crippen molar-refractivity contribution in [2.45, 2.75) is 45.1 Å². The molecular formula is C25H23ClFN3O3. The maximum atomic E-state index is 13.5. The van der Waals surface area contributed by atoms with Gasteiger partial charge >= 0.3 is 0 Å². The molecule has 1 amide bonds. The summed E-state index contributed by atoms with van der Waals surface area (Å²) in [5, 5.41) is 3.02. The van der Waals surface area contributed by atoms with Crippen LogP contribution >= 0.6 is 11.6 Å². The van der Waals surface area contributed by atoms with Crippen LogP contribution in [-0.2, 0) is 4.79 Å². The van der Waals surface area contributed by atoms with Crippen molar-refractivity contribution in [1.82, 2.24) is 15.3 Å². The zero-order chi connectivity index (χ0) is 23.4. The van der Waals surface area contributed by atoms with Gasteiger partial charge in [-0.2, -0.15) is 0 Å². The van der Waals surface area contributed by atoms with Crippen LogP contribution in [0.4, 0.5) is 4.39 Å². The summed E-state index contributed by atoms with van der Waals surface area (Å²) >= 11 is 5.65. The van der Waals surface area contributed by atoms with E-state index in [2.05, 4.69) is 15.3 Å². The molecule has 8 heteroatoms. The summed E-state index contributed by atoms with van der Waals surface area (Å²) in [5.41, 5.74) is 3.59. The molecule has 0 unspecified atom stereocenters. The smallest absolute Gasteiger partial charge is 0.258 e. The zero-order valence-corrected chi connectivity index (χ0v) is 19.1. The molecule has 6 rings (SSSR count). The van der Waals surface area contributed by atoms with Gasteiger partial charge in [0.2, 0.25) is 0 Å². The average molecular weight is 468 g/mol. The standard InChI is InChI=1S/C25H23ClFN3O3/c1-14-15(2)29-21-7-16(3-6-20(21)28-14)22(31)9-24-11-25(12-24,13-24)30-23(32)10-33-17-4-5-18(26)19(27)8-17/h3-8H,9-13H2,1-2H3,(H,30,32). The molecule has 1 N–H and O–H groups in total. The molecule has 0 aliphatic heterocycles. The van der Waals surface area contributed by atoms with E-state index in [0.717, 1.165) is 47.8 Å². The van der Waals surface area contributed by atoms with Crippen molar-refractivity contribution >= 4 is 34.3 Å². The van der Waals surface area contributed by atoms with Gasteiger partial charge in [0.25, 0.3) is 5.91 Å². The monoisotopic (exact) mass is 467 g/mol. The number of nitrogens with zero attached hydrogens (tertiary/aromatic N) is 2. The van der Waals surface area contributed by atoms with E-state index >= 15 is 0 Å². The average Bonchev–Trinajstić information content (AvgIpc) is 2.72. The van der Waals surface area contributed by atoms with Crippen LogP contribution in [0, 0.1) is 25.1 Å². The van der Waals surface area contributed by atoms with E-state index in [1.54, 1.807) is 0 Å². The van der Waals surface area contributed by atoms with Gasteiger partial charge in [-0.1, -0.05) is 11.6 Å². The molecule has 1 heterocycles. The summed E-state index contributed by atoms with van der Waals surface area (Å²) in [6.45, 7) is 3.62. The first-order valence-electron chi connectivity index (χ1n) is 10.8. The second kappa shape index (κ2) is 7.76. The molecule has 0 radical (unpaired) electrons. The molecule has 0 spiro atoms. The highest BCUT2D eigenvalue weighted by Gasteiger charge is 2.68. The number of hydrogen-bond acceptors (Lipinski definition) is 5. The van der Waals surface area contributed by atoms with Gasteiger partial charge < -0.3 is 10.1 Å². The molecule has 2 aromatic carbocycles. The molecular weight excluding hydrogens is 445 g/mol. The van der Waals surface area contributed by atoms with Crippen molar-refractivity contribution in [3.8, 4) is 5.75 Å². The van der Waals surface area contributed by atoms with Gasteiger partial charge in [-0.05, 0) is 68.9 Å². The van der Waals surface area contributed by atoms with Crippen LogP contribution in [-0.4, -0.2) is 33.8 Å². The fourth-order valence-corrected chi connectivity index (χ4v) is 5.33. The Kier molecular flexibility index (Phi) is 5.12. The quantitative estimate of drug-likeness (QED) is 0.508. The summed E-state index contributed by atoms with van der Waals surface area (Å²) in [6.07, 6.45) is 2.78. The van der Waals surface area contributed by atoms with Crippen molar-refractivity contribution in [2.75, 3.05) is 6.61 Å². The normalized spacial score (nSPS) is 22.9. The fourth-order valence-electron chi connectivity index (χ4n) is 5.21. The lowest BCUT2D eigenvalue weighted by Gasteiger charge is -2.70. The number of carbonyl (C=O) groups excluding carboxylic acids is 2. The van der Waals surface area contributed by atoms with E-state index in [-0.39, 0.29) is 40.0 Å². The second-order valence-electron chi connectivity index (χ2n) is 9.42. The van der Waals surface area contributed by atoms with Gasteiger partial charge in [-0.3, -0.25) is 9.59 Å². The van der Waals surface area contributed by atoms with Crippen molar-refractivity contribution in [3.63, 3.8) is 0 Å². The molecule has 170 valence electrons. The highest BCUT2D eigenvalue weighted by atomic mass is 35.5. The van der Waals surface area contributed by atoms with Crippen LogP contribution in [0.1, 0.15) is 47.4 Å². The Labute approximate surface area is 195 Å². The molecule has 0 saturated heterocycles. The maximum absolute atomic E-state index is 13.5. The number of Topliss-reactive ketones (excluding diaryl/α,β-unsaturated/α-hetero) is 1. The van der Waals surface area contributed by atoms with E-state index in [4.69, 9.17) is 16.3 Å². The highest BCUT2D eigenvalue weighted by Crippen LogP contribution is 2.69. The number of nitrogens with one attached hydrogen (secondary N) is 1. The number of carbonyl (C=O) groups is 2. The number of hydrogen-bond donors (Lipinski definition) is 1. The molecule has 0 atom stereocenters. The number of benzene rings is 2. The van der Waals surface area contributed by atoms with Crippen LogP contribution in [0.2, 0.25) is 5.02 Å². The minimum absolute atomic E-state index is 0.00217. The largest absolute Gasteiger partial charge is 0.484 e. The lowest BCUT2D eigenvalue weighted by molar-refractivity contribution is -0.164. The number of aryl methyl sites for hydroxylation is 2. The number of aromatic nitrogens is 2. The Balaban J connectivity index is 1.14. The second-order valence-corrected chi connectivity index (χ2v) is 9.83. The summed E-state index contributed by atoms with van der Waals surface area (Å²) < 4.78 is 18.8. The molecule has 6 nitrogen and oxygen atoms in total. The van der Waals surface area contributed by atoms with Crippen molar-refractivity contribution in [3.05, 3.63) is 64.2 Å². The molecule has 3 aliphatic carbocycles. The predicted octanol–water partition coefficient (Wildman–Crippen LogP) is 4.73. The van der Waals surface area contributed by atoms with Gasteiger partial charge in [-0.15, -0.1) is 0 Å². The highest BCUT2D eigenvalue weighted by molar-refractivity contribution is 6.30. The Hall–Kier alpha value is -3.06. The van der Waals surface area contributed by atoms with Crippen LogP contribution in [0.3, 0.4) is 0 Å². The van der Waals surface area contributed by atoms with Crippen LogP contribution in [0.5, 0.6) is 5.75 Å². The van der Waals surface area contributed by atoms with Crippen LogP contribution in [0.15, 0.2) is 36.4 Å². The number of halogens is 2. The van der Waals surface area contributed by atoms with Crippen LogP contribution < -0.4 is 10.1 Å². The third-order valence-corrected chi connectivity index (χ3v) is 7.05. The van der Waals surface area contributed by atoms with E-state index in [0.29, 0.717) is 12.0 Å². The van der Waals surface area contributed by atoms with Gasteiger partial charge in [0.15, 0.2) is 12.4 Å². The number of fused-ring (bicyclic) bond motifs is 1. The minimum atomic E-state index is -0.593. The zero-order valence-electron chi connectivity index (χ0n) is 18.4. The summed E-state index contributed by atoms with van der Waals surface area (Å²) in [4.78, 5) is 34.3. The topological polar surface area (TPSA) is 81.2 Å². The summed E-state index contributed by atoms with van der Waals surface area (Å²) in [7, 11) is 0. The van der Waals surface area contributed by atoms with Gasteiger partial charge in [0, 0.05) is 23.6 Å². The molecule has 3 aromatic rings. The Morgan fingerprint density at radius 2 is 1.76 bits per heavy atom. The maximum Gasteiger partial charge on any atom is 0.258 e. The summed E-state index contributed by atoms with van der Waals surface area (Å²) in [5.74, 6) is -0.519. The Bertz CT molecular complexity index is 1290. The van der Waals surface area contributed by atoms with Gasteiger partial charge in [-0.25, -0.2) is 14.4 Å². The van der Waals surface area contributed by atoms with Crippen molar-refractivity contribution < 1.29 is 18.7 Å². The first kappa shape index (κ1) is 21.8. The van der Waals surface area contributed by atoms with Crippen LogP contribution in [0.25, 0.3) is 11.0 Å². The van der Waals surface area contributed by atoms with Crippen molar-refractivity contribution in [1.29, 1.82) is 0 Å². The first-order valence-corrected chi connectivity index (χ1v) is 11.2. The Morgan fingerprint density at radius 1 is 1.06 bits per heavy atom. The fraction of sp³-hybridized carbons (Fsp3) is 0.360. The predicted molar refractivity (Wildman–Crippen MR) is 122 cm³/mol. The summed E-state index contributed by atoms with van der Waals surface area (Å²) in [6, 6.07) is 9.53. The Morgan fingerprint density at radius 3 is 2.45 bits per heavy atom. The van der Waals surface area contributed by atoms with Gasteiger partial charge in [0.05, 0.1) is 27.4 Å². The molecule has 1 aromatic heterocycles. The molecule has 3 fully saturated rings. The van der Waals surface area contributed by atoms with E-state index in [1.165, 1.54) is 12.1 Å². The SMILES string of the molecule is Cc1nc2ccc(C(=O)CC34CC(NC(=O)COc5ccc(Cl)c(F)c5)(C3)C4)cc2nc1C. The molecule has 33 heavy (non-hydrogen) atoms. The van der Waals surface area contributed by atoms with Crippen molar-refractivity contribution in [2.24, 2.45) is 5.41 Å². The van der Waals surface area contributed by atoms with E-state index in [1.807, 2.05) is 32.0 Å². The first-order chi connectivity index (χ1) is 15.7. The lowest BCUT2D eigenvalue weighted by Crippen LogP contribution is -2.75. The molecule has 2 bridgehead atoms. The lowest BCUT2D eigenvalue weighted by atomic mass is 9.38.